The van der Waals surface area contributed by atoms with Crippen molar-refractivity contribution in [1.82, 2.24) is 4.90 Å². The van der Waals surface area contributed by atoms with E-state index in [1.807, 2.05) is 20.8 Å². The van der Waals surface area contributed by atoms with Crippen molar-refractivity contribution in [3.8, 4) is 0 Å². The van der Waals surface area contributed by atoms with Gasteiger partial charge in [-0.15, -0.1) is 0 Å². The van der Waals surface area contributed by atoms with Gasteiger partial charge in [-0.05, 0) is 39.7 Å². The van der Waals surface area contributed by atoms with Gasteiger partial charge in [0.25, 0.3) is 0 Å². The number of hydrogen-bond acceptors (Lipinski definition) is 3. The Morgan fingerprint density at radius 1 is 1.36 bits per heavy atom. The second-order valence-corrected chi connectivity index (χ2v) is 6.93. The van der Waals surface area contributed by atoms with Gasteiger partial charge in [-0.25, -0.2) is 9.18 Å². The summed E-state index contributed by atoms with van der Waals surface area (Å²) in [6, 6.07) is 6.62. The highest BCUT2D eigenvalue weighted by Gasteiger charge is 2.51. The first-order valence-corrected chi connectivity index (χ1v) is 7.76. The third-order valence-electron chi connectivity index (χ3n) is 4.04. The molecular formula is C17H22FNO3. The van der Waals surface area contributed by atoms with Crippen LogP contribution in [0.1, 0.15) is 45.3 Å². The Bertz CT molecular complexity index is 569. The number of nitrogens with zero attached hydrogens (tertiary/aromatic N) is 1. The number of ether oxygens (including phenoxy) is 2. The molecule has 0 aromatic heterocycles. The van der Waals surface area contributed by atoms with Gasteiger partial charge in [-0.2, -0.15) is 0 Å². The third kappa shape index (κ3) is 3.09. The van der Waals surface area contributed by atoms with Crippen molar-refractivity contribution in [3.05, 3.63) is 35.6 Å². The van der Waals surface area contributed by atoms with Crippen LogP contribution in [-0.2, 0) is 9.47 Å². The van der Waals surface area contributed by atoms with Crippen molar-refractivity contribution >= 4 is 6.09 Å². The zero-order chi connectivity index (χ0) is 15.9. The molecule has 1 aromatic rings. The number of rotatable bonds is 2. The van der Waals surface area contributed by atoms with Crippen LogP contribution in [0.4, 0.5) is 9.18 Å². The van der Waals surface area contributed by atoms with E-state index < -0.39 is 5.60 Å². The van der Waals surface area contributed by atoms with Gasteiger partial charge in [0.2, 0.25) is 0 Å². The molecule has 3 rings (SSSR count). The highest BCUT2D eigenvalue weighted by atomic mass is 19.1. The number of hydrogen-bond donors (Lipinski definition) is 0. The predicted molar refractivity (Wildman–Crippen MR) is 80.0 cm³/mol. The fourth-order valence-electron chi connectivity index (χ4n) is 3.05. The summed E-state index contributed by atoms with van der Waals surface area (Å²) in [5, 5.41) is 0. The minimum absolute atomic E-state index is 0.0283. The smallest absolute Gasteiger partial charge is 0.410 e. The van der Waals surface area contributed by atoms with Crippen LogP contribution in [0.3, 0.4) is 0 Å². The molecule has 0 spiro atoms. The normalized spacial score (nSPS) is 27.8. The van der Waals surface area contributed by atoms with E-state index in [-0.39, 0.29) is 30.2 Å². The molecular weight excluding hydrogens is 285 g/mol. The predicted octanol–water partition coefficient (Wildman–Crippen LogP) is 3.67. The Hall–Kier alpha value is -1.62. The summed E-state index contributed by atoms with van der Waals surface area (Å²) in [5.74, 6) is -0.253. The summed E-state index contributed by atoms with van der Waals surface area (Å²) in [7, 11) is 0. The Balaban J connectivity index is 1.68. The molecule has 5 heteroatoms. The summed E-state index contributed by atoms with van der Waals surface area (Å²) >= 11 is 0. The van der Waals surface area contributed by atoms with Crippen molar-refractivity contribution < 1.29 is 18.7 Å². The third-order valence-corrected chi connectivity index (χ3v) is 4.04. The van der Waals surface area contributed by atoms with E-state index in [1.54, 1.807) is 23.1 Å². The lowest BCUT2D eigenvalue weighted by molar-refractivity contribution is 0.0204. The van der Waals surface area contributed by atoms with E-state index in [1.165, 1.54) is 6.07 Å². The first-order valence-electron chi connectivity index (χ1n) is 7.76. The zero-order valence-electron chi connectivity index (χ0n) is 13.2. The van der Waals surface area contributed by atoms with Gasteiger partial charge in [0.05, 0.1) is 6.04 Å². The average molecular weight is 307 g/mol. The van der Waals surface area contributed by atoms with Crippen LogP contribution in [0.25, 0.3) is 0 Å². The Morgan fingerprint density at radius 3 is 2.77 bits per heavy atom. The van der Waals surface area contributed by atoms with Gasteiger partial charge in [-0.3, -0.25) is 0 Å². The van der Waals surface area contributed by atoms with E-state index in [9.17, 15) is 9.18 Å². The maximum Gasteiger partial charge on any atom is 0.410 e. The van der Waals surface area contributed by atoms with Crippen molar-refractivity contribution in [1.29, 1.82) is 0 Å². The first kappa shape index (κ1) is 15.3. The van der Waals surface area contributed by atoms with Gasteiger partial charge >= 0.3 is 6.09 Å². The Morgan fingerprint density at radius 2 is 2.09 bits per heavy atom. The Kier molecular flexibility index (Phi) is 3.85. The van der Waals surface area contributed by atoms with Gasteiger partial charge < -0.3 is 14.4 Å². The van der Waals surface area contributed by atoms with Crippen LogP contribution in [0.15, 0.2) is 24.3 Å². The molecule has 1 aromatic carbocycles. The molecule has 2 fully saturated rings. The molecule has 2 heterocycles. The van der Waals surface area contributed by atoms with E-state index in [0.29, 0.717) is 12.1 Å². The second kappa shape index (κ2) is 5.54. The lowest BCUT2D eigenvalue weighted by Crippen LogP contribution is -2.42. The number of carbonyl (C=O) groups excluding carboxylic acids is 1. The Labute approximate surface area is 130 Å². The summed E-state index contributed by atoms with van der Waals surface area (Å²) < 4.78 is 25.0. The second-order valence-electron chi connectivity index (χ2n) is 6.93. The van der Waals surface area contributed by atoms with E-state index >= 15 is 0 Å². The lowest BCUT2D eigenvalue weighted by atomic mass is 10.0. The number of halogens is 1. The molecule has 22 heavy (non-hydrogen) atoms. The number of epoxide rings is 1. The van der Waals surface area contributed by atoms with Crippen LogP contribution in [0, 0.1) is 5.82 Å². The van der Waals surface area contributed by atoms with Gasteiger partial charge in [-0.1, -0.05) is 18.2 Å². The lowest BCUT2D eigenvalue weighted by Gasteiger charge is -2.28. The standard InChI is InChI=1S/C17H22FNO3/c1-17(2,3)22-16(20)19-10-6-9-13(19)15-14(21-15)11-7-4-5-8-12(11)18/h4-5,7-8,13-15H,6,9-10H2,1-3H3/t13?,14-,15-/m0/s1. The fraction of sp³-hybridized carbons (Fsp3) is 0.588. The molecule has 1 amide bonds. The number of likely N-dealkylation sites (tertiary alicyclic amines) is 1. The minimum Gasteiger partial charge on any atom is -0.444 e. The molecule has 0 bridgehead atoms. The molecule has 0 saturated carbocycles. The summed E-state index contributed by atoms with van der Waals surface area (Å²) in [5.41, 5.74) is 0.0584. The van der Waals surface area contributed by atoms with Crippen molar-refractivity contribution in [2.75, 3.05) is 6.54 Å². The van der Waals surface area contributed by atoms with Crippen molar-refractivity contribution in [3.63, 3.8) is 0 Å². The maximum atomic E-state index is 13.8. The molecule has 2 aliphatic heterocycles. The number of amides is 1. The number of benzene rings is 1. The molecule has 0 aliphatic carbocycles. The SMILES string of the molecule is CC(C)(C)OC(=O)N1CCCC1[C@@H]1O[C@H]1c1ccccc1F. The van der Waals surface area contributed by atoms with Crippen LogP contribution in [-0.4, -0.2) is 35.3 Å². The van der Waals surface area contributed by atoms with Crippen LogP contribution in [0.5, 0.6) is 0 Å². The first-order chi connectivity index (χ1) is 10.4. The number of carbonyl (C=O) groups is 1. The summed E-state index contributed by atoms with van der Waals surface area (Å²) in [4.78, 5) is 14.0. The monoisotopic (exact) mass is 307 g/mol. The van der Waals surface area contributed by atoms with Gasteiger partial charge in [0.15, 0.2) is 0 Å². The summed E-state index contributed by atoms with van der Waals surface area (Å²) in [6.07, 6.45) is 1.10. The topological polar surface area (TPSA) is 42.1 Å². The van der Waals surface area contributed by atoms with Crippen molar-refractivity contribution in [2.45, 2.75) is 57.5 Å². The molecule has 0 N–H and O–H groups in total. The van der Waals surface area contributed by atoms with Crippen LogP contribution >= 0.6 is 0 Å². The molecule has 1 unspecified atom stereocenters. The molecule has 4 nitrogen and oxygen atoms in total. The molecule has 0 radical (unpaired) electrons. The van der Waals surface area contributed by atoms with Gasteiger partial charge in [0.1, 0.15) is 23.6 Å². The largest absolute Gasteiger partial charge is 0.444 e. The van der Waals surface area contributed by atoms with Crippen LogP contribution < -0.4 is 0 Å². The highest BCUT2D eigenvalue weighted by molar-refractivity contribution is 5.69. The van der Waals surface area contributed by atoms with Crippen molar-refractivity contribution in [2.24, 2.45) is 0 Å². The van der Waals surface area contributed by atoms with E-state index in [4.69, 9.17) is 9.47 Å². The molecule has 120 valence electrons. The fourth-order valence-corrected chi connectivity index (χ4v) is 3.05. The molecule has 2 aliphatic rings. The van der Waals surface area contributed by atoms with E-state index in [0.717, 1.165) is 12.8 Å². The van der Waals surface area contributed by atoms with Gasteiger partial charge in [0, 0.05) is 12.1 Å². The zero-order valence-corrected chi connectivity index (χ0v) is 13.2. The summed E-state index contributed by atoms with van der Waals surface area (Å²) in [6.45, 7) is 6.23. The average Bonchev–Trinajstić information content (AvgIpc) is 3.05. The molecule has 2 saturated heterocycles. The van der Waals surface area contributed by atoms with Crippen LogP contribution in [0.2, 0.25) is 0 Å². The quantitative estimate of drug-likeness (QED) is 0.783. The highest BCUT2D eigenvalue weighted by Crippen LogP contribution is 2.45. The minimum atomic E-state index is -0.514. The molecule has 3 atom stereocenters. The maximum absolute atomic E-state index is 13.8. The van der Waals surface area contributed by atoms with E-state index in [2.05, 4.69) is 0 Å².